The van der Waals surface area contributed by atoms with Crippen molar-refractivity contribution in [2.45, 2.75) is 25.8 Å². The average molecular weight is 408 g/mol. The molecule has 0 unspecified atom stereocenters. The maximum atomic E-state index is 13.4. The van der Waals surface area contributed by atoms with Crippen molar-refractivity contribution in [2.24, 2.45) is 4.99 Å². The van der Waals surface area contributed by atoms with E-state index in [9.17, 15) is 9.18 Å². The predicted octanol–water partition coefficient (Wildman–Crippen LogP) is 3.63. The molecule has 156 valence electrons. The second-order valence-electron chi connectivity index (χ2n) is 7.46. The van der Waals surface area contributed by atoms with Crippen molar-refractivity contribution in [3.63, 3.8) is 0 Å². The molecule has 1 saturated heterocycles. The monoisotopic (exact) mass is 408 g/mol. The lowest BCUT2D eigenvalue weighted by atomic mass is 10.0. The molecule has 1 amide bonds. The van der Waals surface area contributed by atoms with Crippen LogP contribution in [0.4, 0.5) is 10.1 Å². The van der Waals surface area contributed by atoms with Crippen LogP contribution in [0.25, 0.3) is 5.70 Å². The van der Waals surface area contributed by atoms with Gasteiger partial charge in [-0.1, -0.05) is 12.1 Å². The summed E-state index contributed by atoms with van der Waals surface area (Å²) in [7, 11) is 0. The molecule has 2 aliphatic heterocycles. The molecule has 0 saturated carbocycles. The lowest BCUT2D eigenvalue weighted by Crippen LogP contribution is -2.44. The van der Waals surface area contributed by atoms with E-state index in [1.54, 1.807) is 18.2 Å². The minimum atomic E-state index is -0.297. The number of nitrogens with zero attached hydrogens (tertiary/aromatic N) is 2. The van der Waals surface area contributed by atoms with Gasteiger partial charge in [0.05, 0.1) is 18.6 Å². The lowest BCUT2D eigenvalue weighted by molar-refractivity contribution is -0.114. The summed E-state index contributed by atoms with van der Waals surface area (Å²) in [6, 6.07) is 13.9. The first kappa shape index (κ1) is 20.1. The van der Waals surface area contributed by atoms with E-state index in [0.29, 0.717) is 35.5 Å². The zero-order valence-corrected chi connectivity index (χ0v) is 16.9. The molecule has 6 nitrogen and oxygen atoms in total. The summed E-state index contributed by atoms with van der Waals surface area (Å²) >= 11 is 0. The van der Waals surface area contributed by atoms with Gasteiger partial charge in [0.1, 0.15) is 17.3 Å². The van der Waals surface area contributed by atoms with Crippen molar-refractivity contribution in [1.82, 2.24) is 10.2 Å². The van der Waals surface area contributed by atoms with Crippen LogP contribution in [0.3, 0.4) is 0 Å². The van der Waals surface area contributed by atoms with Crippen molar-refractivity contribution < 1.29 is 13.9 Å². The quantitative estimate of drug-likeness (QED) is 0.793. The maximum absolute atomic E-state index is 13.4. The van der Waals surface area contributed by atoms with Gasteiger partial charge in [0.25, 0.3) is 0 Å². The maximum Gasteiger partial charge on any atom is 0.221 e. The van der Waals surface area contributed by atoms with E-state index in [1.807, 2.05) is 24.5 Å². The first-order valence-corrected chi connectivity index (χ1v) is 10.1. The molecule has 2 N–H and O–H groups in total. The van der Waals surface area contributed by atoms with Crippen molar-refractivity contribution in [2.75, 3.05) is 25.0 Å². The predicted molar refractivity (Wildman–Crippen MR) is 116 cm³/mol. The van der Waals surface area contributed by atoms with Crippen LogP contribution in [0.2, 0.25) is 0 Å². The van der Waals surface area contributed by atoms with Crippen LogP contribution in [-0.2, 0) is 4.79 Å². The number of piperidine rings is 1. The van der Waals surface area contributed by atoms with E-state index >= 15 is 0 Å². The normalized spacial score (nSPS) is 17.2. The van der Waals surface area contributed by atoms with E-state index in [0.717, 1.165) is 31.5 Å². The molecule has 30 heavy (non-hydrogen) atoms. The Labute approximate surface area is 175 Å². The highest BCUT2D eigenvalue weighted by atomic mass is 19.1. The molecule has 4 rings (SSSR count). The minimum absolute atomic E-state index is 0.170. The third kappa shape index (κ3) is 4.68. The van der Waals surface area contributed by atoms with Crippen LogP contribution in [0.15, 0.2) is 59.3 Å². The van der Waals surface area contributed by atoms with Gasteiger partial charge >= 0.3 is 0 Å². The SMILES string of the molecule is CC(=O)Nc1ccccc1OC1=C(c2ccc(F)cc2)N=CN(C2CCNCC2)C1. The summed E-state index contributed by atoms with van der Waals surface area (Å²) < 4.78 is 19.7. The second-order valence-corrected chi connectivity index (χ2v) is 7.46. The largest absolute Gasteiger partial charge is 0.455 e. The number of amides is 1. The van der Waals surface area contributed by atoms with Crippen LogP contribution >= 0.6 is 0 Å². The first-order chi connectivity index (χ1) is 14.6. The zero-order chi connectivity index (χ0) is 20.9. The van der Waals surface area contributed by atoms with Gasteiger partial charge < -0.3 is 20.3 Å². The van der Waals surface area contributed by atoms with Crippen LogP contribution in [-0.4, -0.2) is 42.8 Å². The fourth-order valence-corrected chi connectivity index (χ4v) is 3.75. The Hall–Kier alpha value is -3.19. The molecule has 1 fully saturated rings. The number of rotatable bonds is 5. The molecular formula is C23H25FN4O2. The van der Waals surface area contributed by atoms with Crippen molar-refractivity contribution in [1.29, 1.82) is 0 Å². The average Bonchev–Trinajstić information content (AvgIpc) is 2.76. The summed E-state index contributed by atoms with van der Waals surface area (Å²) in [6.45, 7) is 3.97. The highest BCUT2D eigenvalue weighted by molar-refractivity contribution is 5.90. The zero-order valence-electron chi connectivity index (χ0n) is 16.9. The number of benzene rings is 2. The summed E-state index contributed by atoms with van der Waals surface area (Å²) in [5.74, 6) is 0.746. The molecular weight excluding hydrogens is 383 g/mol. The molecule has 0 bridgehead atoms. The Morgan fingerprint density at radius 2 is 1.90 bits per heavy atom. The third-order valence-electron chi connectivity index (χ3n) is 5.25. The van der Waals surface area contributed by atoms with Crippen molar-refractivity contribution in [3.8, 4) is 5.75 Å². The Balaban J connectivity index is 1.67. The van der Waals surface area contributed by atoms with Crippen molar-refractivity contribution >= 4 is 23.6 Å². The fraction of sp³-hybridized carbons (Fsp3) is 0.304. The molecule has 2 heterocycles. The van der Waals surface area contributed by atoms with E-state index in [4.69, 9.17) is 4.74 Å². The number of nitrogens with one attached hydrogen (secondary N) is 2. The van der Waals surface area contributed by atoms with Gasteiger partial charge in [-0.3, -0.25) is 4.79 Å². The van der Waals surface area contributed by atoms with E-state index in [-0.39, 0.29) is 11.7 Å². The van der Waals surface area contributed by atoms with Gasteiger partial charge in [-0.2, -0.15) is 0 Å². The van der Waals surface area contributed by atoms with Gasteiger partial charge in [-0.15, -0.1) is 0 Å². The molecule has 0 atom stereocenters. The van der Waals surface area contributed by atoms with Crippen LogP contribution in [0.1, 0.15) is 25.3 Å². The van der Waals surface area contributed by atoms with Gasteiger partial charge in [0.15, 0.2) is 5.75 Å². The van der Waals surface area contributed by atoms with Crippen LogP contribution < -0.4 is 15.4 Å². The van der Waals surface area contributed by atoms with Gasteiger partial charge in [0, 0.05) is 18.5 Å². The summed E-state index contributed by atoms with van der Waals surface area (Å²) in [5, 5.41) is 6.18. The molecule has 0 aliphatic carbocycles. The van der Waals surface area contributed by atoms with E-state index < -0.39 is 0 Å². The number of halogens is 1. The standard InChI is InChI=1S/C23H25FN4O2/c1-16(29)27-20-4-2-3-5-21(20)30-22-14-28(19-10-12-25-13-11-19)15-26-23(22)17-6-8-18(24)9-7-17/h2-9,15,19,25H,10-14H2,1H3,(H,27,29). The second kappa shape index (κ2) is 9.09. The smallest absolute Gasteiger partial charge is 0.221 e. The summed E-state index contributed by atoms with van der Waals surface area (Å²) in [6.07, 6.45) is 3.93. The Bertz CT molecular complexity index is 965. The third-order valence-corrected chi connectivity index (χ3v) is 5.25. The Kier molecular flexibility index (Phi) is 6.09. The van der Waals surface area contributed by atoms with Gasteiger partial charge in [-0.25, -0.2) is 9.38 Å². The number of ether oxygens (including phenoxy) is 1. The van der Waals surface area contributed by atoms with Crippen molar-refractivity contribution in [3.05, 3.63) is 65.7 Å². The topological polar surface area (TPSA) is 66.0 Å². The number of carbonyl (C=O) groups is 1. The number of hydrogen-bond acceptors (Lipinski definition) is 5. The molecule has 7 heteroatoms. The van der Waals surface area contributed by atoms with Gasteiger partial charge in [-0.05, 0) is 62.3 Å². The molecule has 2 aromatic carbocycles. The highest BCUT2D eigenvalue weighted by Crippen LogP contribution is 2.32. The summed E-state index contributed by atoms with van der Waals surface area (Å²) in [5.41, 5.74) is 2.04. The number of carbonyl (C=O) groups excluding carboxylic acids is 1. The fourth-order valence-electron chi connectivity index (χ4n) is 3.75. The number of para-hydroxylation sites is 2. The lowest BCUT2D eigenvalue weighted by Gasteiger charge is -2.35. The first-order valence-electron chi connectivity index (χ1n) is 10.1. The van der Waals surface area contributed by atoms with Gasteiger partial charge in [0.2, 0.25) is 5.91 Å². The minimum Gasteiger partial charge on any atom is -0.455 e. The highest BCUT2D eigenvalue weighted by Gasteiger charge is 2.26. The molecule has 2 aliphatic rings. The molecule has 2 aromatic rings. The van der Waals surface area contributed by atoms with Crippen LogP contribution in [0.5, 0.6) is 5.75 Å². The van der Waals surface area contributed by atoms with E-state index in [1.165, 1.54) is 19.1 Å². The molecule has 0 aromatic heterocycles. The Morgan fingerprint density at radius 1 is 1.17 bits per heavy atom. The Morgan fingerprint density at radius 3 is 2.63 bits per heavy atom. The number of hydrogen-bond donors (Lipinski definition) is 2. The van der Waals surface area contributed by atoms with E-state index in [2.05, 4.69) is 20.5 Å². The van der Waals surface area contributed by atoms with Crippen LogP contribution in [0, 0.1) is 5.82 Å². The summed E-state index contributed by atoms with van der Waals surface area (Å²) in [4.78, 5) is 18.5. The molecule has 0 radical (unpaired) electrons. The number of anilines is 1. The number of aliphatic imine (C=N–C) groups is 1. The molecule has 0 spiro atoms.